The van der Waals surface area contributed by atoms with Gasteiger partial charge in [0.25, 0.3) is 0 Å². The Bertz CT molecular complexity index is 281. The van der Waals surface area contributed by atoms with E-state index < -0.39 is 0 Å². The Morgan fingerprint density at radius 3 is 2.58 bits per heavy atom. The lowest BCUT2D eigenvalue weighted by molar-refractivity contribution is 0.276. The summed E-state index contributed by atoms with van der Waals surface area (Å²) in [4.78, 5) is 4.15. The molecule has 1 aromatic rings. The maximum Gasteiger partial charge on any atom is 0.0855 e. The quantitative estimate of drug-likeness (QED) is 0.724. The summed E-state index contributed by atoms with van der Waals surface area (Å²) in [7, 11) is 0. The number of hydrogen-bond donors (Lipinski definition) is 1. The molecule has 0 radical (unpaired) electrons. The van der Waals surface area contributed by atoms with Gasteiger partial charge in [0.1, 0.15) is 0 Å². The van der Waals surface area contributed by atoms with E-state index in [1.165, 1.54) is 11.1 Å². The fourth-order valence-corrected chi connectivity index (χ4v) is 1.52. The van der Waals surface area contributed by atoms with Gasteiger partial charge in [0.05, 0.1) is 12.3 Å². The molecule has 1 rings (SSSR count). The van der Waals surface area contributed by atoms with Crippen molar-refractivity contribution in [2.75, 3.05) is 0 Å². The molecule has 1 N–H and O–H groups in total. The Kier molecular flexibility index (Phi) is 2.82. The van der Waals surface area contributed by atoms with Crippen LogP contribution >= 0.6 is 0 Å². The summed E-state index contributed by atoms with van der Waals surface area (Å²) in [5, 5.41) is 8.97. The number of pyridine rings is 1. The molecule has 66 valence electrons. The van der Waals surface area contributed by atoms with Gasteiger partial charge in [-0.2, -0.15) is 0 Å². The molecule has 0 bridgehead atoms. The predicted molar refractivity (Wildman–Crippen MR) is 49.0 cm³/mol. The summed E-state index contributed by atoms with van der Waals surface area (Å²) in [6.45, 7) is 6.24. The van der Waals surface area contributed by atoms with Gasteiger partial charge in [0, 0.05) is 6.20 Å². The molecular weight excluding hydrogens is 150 g/mol. The van der Waals surface area contributed by atoms with E-state index in [2.05, 4.69) is 18.8 Å². The molecule has 1 heterocycles. The van der Waals surface area contributed by atoms with Gasteiger partial charge in [-0.15, -0.1) is 0 Å². The first kappa shape index (κ1) is 9.20. The van der Waals surface area contributed by atoms with Crippen LogP contribution in [0.25, 0.3) is 0 Å². The van der Waals surface area contributed by atoms with Crippen molar-refractivity contribution < 1.29 is 5.11 Å². The topological polar surface area (TPSA) is 33.1 Å². The minimum absolute atomic E-state index is 0.0408. The molecule has 0 aliphatic rings. The van der Waals surface area contributed by atoms with Gasteiger partial charge in [-0.25, -0.2) is 0 Å². The number of aromatic nitrogens is 1. The minimum Gasteiger partial charge on any atom is -0.390 e. The van der Waals surface area contributed by atoms with E-state index in [0.29, 0.717) is 0 Å². The lowest BCUT2D eigenvalue weighted by atomic mass is 10.0. The zero-order valence-electron chi connectivity index (χ0n) is 7.89. The summed E-state index contributed by atoms with van der Waals surface area (Å²) in [5.41, 5.74) is 4.47. The first-order valence-electron chi connectivity index (χ1n) is 4.25. The van der Waals surface area contributed by atoms with Crippen LogP contribution in [0.15, 0.2) is 6.20 Å². The highest BCUT2D eigenvalue weighted by molar-refractivity contribution is 5.34. The number of aliphatic hydroxyl groups excluding tert-OH is 1. The maximum absolute atomic E-state index is 8.97. The van der Waals surface area contributed by atoms with Crippen LogP contribution in [0.4, 0.5) is 0 Å². The molecule has 2 nitrogen and oxygen atoms in total. The van der Waals surface area contributed by atoms with Crippen LogP contribution in [0.3, 0.4) is 0 Å². The molecule has 12 heavy (non-hydrogen) atoms. The van der Waals surface area contributed by atoms with Crippen LogP contribution in [0, 0.1) is 13.8 Å². The molecule has 0 saturated heterocycles. The standard InChI is InChI=1S/C10H15NO/c1-4-9-7(2)5-11-10(6-12)8(9)3/h5,12H,4,6H2,1-3H3. The highest BCUT2D eigenvalue weighted by Crippen LogP contribution is 2.16. The maximum atomic E-state index is 8.97. The smallest absolute Gasteiger partial charge is 0.0855 e. The Labute approximate surface area is 73.3 Å². The molecule has 0 aliphatic carbocycles. The molecule has 0 amide bonds. The van der Waals surface area contributed by atoms with Crippen LogP contribution in [0.2, 0.25) is 0 Å². The molecule has 0 fully saturated rings. The monoisotopic (exact) mass is 165 g/mol. The molecule has 0 aromatic carbocycles. The van der Waals surface area contributed by atoms with E-state index in [1.807, 2.05) is 13.1 Å². The minimum atomic E-state index is 0.0408. The van der Waals surface area contributed by atoms with Crippen molar-refractivity contribution >= 4 is 0 Å². The van der Waals surface area contributed by atoms with Gasteiger partial charge < -0.3 is 5.11 Å². The number of hydrogen-bond acceptors (Lipinski definition) is 2. The lowest BCUT2D eigenvalue weighted by Gasteiger charge is -2.09. The largest absolute Gasteiger partial charge is 0.390 e. The third-order valence-electron chi connectivity index (χ3n) is 2.28. The van der Waals surface area contributed by atoms with E-state index in [1.54, 1.807) is 0 Å². The van der Waals surface area contributed by atoms with Crippen LogP contribution in [-0.2, 0) is 13.0 Å². The van der Waals surface area contributed by atoms with Gasteiger partial charge in [-0.3, -0.25) is 4.98 Å². The fourth-order valence-electron chi connectivity index (χ4n) is 1.52. The second-order valence-corrected chi connectivity index (χ2v) is 3.00. The van der Waals surface area contributed by atoms with Gasteiger partial charge in [-0.05, 0) is 37.0 Å². The third kappa shape index (κ3) is 1.48. The molecule has 0 saturated carbocycles. The predicted octanol–water partition coefficient (Wildman–Crippen LogP) is 1.75. The SMILES string of the molecule is CCc1c(C)cnc(CO)c1C. The Balaban J connectivity index is 3.24. The summed E-state index contributed by atoms with van der Waals surface area (Å²) in [6, 6.07) is 0. The molecule has 2 heteroatoms. The zero-order valence-corrected chi connectivity index (χ0v) is 7.89. The van der Waals surface area contributed by atoms with Crippen LogP contribution < -0.4 is 0 Å². The van der Waals surface area contributed by atoms with Crippen molar-refractivity contribution in [1.29, 1.82) is 0 Å². The molecule has 1 aromatic heterocycles. The van der Waals surface area contributed by atoms with E-state index >= 15 is 0 Å². The Hall–Kier alpha value is -0.890. The summed E-state index contributed by atoms with van der Waals surface area (Å²) in [6.07, 6.45) is 2.84. The molecular formula is C10H15NO. The molecule has 0 aliphatic heterocycles. The Morgan fingerprint density at radius 1 is 1.42 bits per heavy atom. The Morgan fingerprint density at radius 2 is 2.08 bits per heavy atom. The summed E-state index contributed by atoms with van der Waals surface area (Å²) in [5.74, 6) is 0. The van der Waals surface area contributed by atoms with E-state index in [9.17, 15) is 0 Å². The van der Waals surface area contributed by atoms with Crippen LogP contribution in [0.5, 0.6) is 0 Å². The average Bonchev–Trinajstić information content (AvgIpc) is 2.06. The van der Waals surface area contributed by atoms with Gasteiger partial charge in [0.15, 0.2) is 0 Å². The fraction of sp³-hybridized carbons (Fsp3) is 0.500. The van der Waals surface area contributed by atoms with Crippen molar-refractivity contribution in [1.82, 2.24) is 4.98 Å². The normalized spacial score (nSPS) is 10.3. The molecule has 0 atom stereocenters. The second-order valence-electron chi connectivity index (χ2n) is 3.00. The molecule has 0 spiro atoms. The summed E-state index contributed by atoms with van der Waals surface area (Å²) >= 11 is 0. The van der Waals surface area contributed by atoms with E-state index in [0.717, 1.165) is 17.7 Å². The number of rotatable bonds is 2. The summed E-state index contributed by atoms with van der Waals surface area (Å²) < 4.78 is 0. The van der Waals surface area contributed by atoms with E-state index in [-0.39, 0.29) is 6.61 Å². The number of aryl methyl sites for hydroxylation is 1. The number of aliphatic hydroxyl groups is 1. The van der Waals surface area contributed by atoms with Gasteiger partial charge in [0.2, 0.25) is 0 Å². The van der Waals surface area contributed by atoms with Gasteiger partial charge >= 0.3 is 0 Å². The van der Waals surface area contributed by atoms with Gasteiger partial charge in [-0.1, -0.05) is 6.92 Å². The highest BCUT2D eigenvalue weighted by Gasteiger charge is 2.05. The van der Waals surface area contributed by atoms with Crippen LogP contribution in [-0.4, -0.2) is 10.1 Å². The second kappa shape index (κ2) is 3.68. The zero-order chi connectivity index (χ0) is 9.14. The first-order chi connectivity index (χ1) is 5.70. The first-order valence-corrected chi connectivity index (χ1v) is 4.25. The van der Waals surface area contributed by atoms with Crippen molar-refractivity contribution in [3.63, 3.8) is 0 Å². The highest BCUT2D eigenvalue weighted by atomic mass is 16.3. The van der Waals surface area contributed by atoms with Crippen molar-refractivity contribution in [3.05, 3.63) is 28.6 Å². The van der Waals surface area contributed by atoms with Crippen LogP contribution in [0.1, 0.15) is 29.3 Å². The number of nitrogens with zero attached hydrogens (tertiary/aromatic N) is 1. The van der Waals surface area contributed by atoms with Crippen molar-refractivity contribution in [2.24, 2.45) is 0 Å². The average molecular weight is 165 g/mol. The van der Waals surface area contributed by atoms with Crippen molar-refractivity contribution in [3.8, 4) is 0 Å². The van der Waals surface area contributed by atoms with Crippen molar-refractivity contribution in [2.45, 2.75) is 33.8 Å². The lowest BCUT2D eigenvalue weighted by Crippen LogP contribution is -2.00. The van der Waals surface area contributed by atoms with E-state index in [4.69, 9.17) is 5.11 Å². The molecule has 0 unspecified atom stereocenters. The third-order valence-corrected chi connectivity index (χ3v) is 2.28.